The van der Waals surface area contributed by atoms with Crippen molar-refractivity contribution in [2.45, 2.75) is 26.7 Å². The fraction of sp³-hybridized carbons (Fsp3) is 0.727. The summed E-state index contributed by atoms with van der Waals surface area (Å²) < 4.78 is 5.04. The second-order valence-electron chi connectivity index (χ2n) is 3.54. The van der Waals surface area contributed by atoms with Crippen LogP contribution in [0.5, 0.6) is 0 Å². The van der Waals surface area contributed by atoms with Crippen molar-refractivity contribution >= 4 is 17.7 Å². The Balaban J connectivity index is 3.22. The van der Waals surface area contributed by atoms with Crippen LogP contribution in [-0.2, 0) is 9.53 Å². The van der Waals surface area contributed by atoms with Crippen LogP contribution in [0.4, 0.5) is 0 Å². The number of rotatable bonds is 8. The maximum atomic E-state index is 11.1. The summed E-state index contributed by atoms with van der Waals surface area (Å²) in [5, 5.41) is 0. The molecule has 0 spiro atoms. The molecule has 0 aromatic heterocycles. The molecule has 0 saturated heterocycles. The molecule has 0 aliphatic heterocycles. The number of esters is 1. The molecular formula is C11H20O2S. The third kappa shape index (κ3) is 9.65. The van der Waals surface area contributed by atoms with Gasteiger partial charge in [-0.05, 0) is 18.1 Å². The van der Waals surface area contributed by atoms with Crippen LogP contribution >= 0.6 is 11.8 Å². The van der Waals surface area contributed by atoms with E-state index in [0.29, 0.717) is 18.9 Å². The quantitative estimate of drug-likeness (QED) is 0.354. The Bertz CT molecular complexity index is 167. The molecule has 0 amide bonds. The summed E-state index contributed by atoms with van der Waals surface area (Å²) in [4.78, 5) is 11.1. The van der Waals surface area contributed by atoms with E-state index in [0.717, 1.165) is 17.9 Å². The van der Waals surface area contributed by atoms with Gasteiger partial charge in [0.25, 0.3) is 0 Å². The van der Waals surface area contributed by atoms with Gasteiger partial charge in [0.2, 0.25) is 0 Å². The second-order valence-corrected chi connectivity index (χ2v) is 4.69. The number of ether oxygens (including phenoxy) is 1. The Morgan fingerprint density at radius 2 is 2.29 bits per heavy atom. The van der Waals surface area contributed by atoms with Crippen molar-refractivity contribution in [3.05, 3.63) is 12.7 Å². The molecule has 2 nitrogen and oxygen atoms in total. The molecule has 0 aromatic carbocycles. The van der Waals surface area contributed by atoms with Crippen LogP contribution in [0.1, 0.15) is 26.7 Å². The van der Waals surface area contributed by atoms with Gasteiger partial charge < -0.3 is 4.74 Å². The first kappa shape index (κ1) is 13.6. The van der Waals surface area contributed by atoms with Crippen LogP contribution in [-0.4, -0.2) is 24.1 Å². The summed E-state index contributed by atoms with van der Waals surface area (Å²) in [5.74, 6) is 2.32. The van der Waals surface area contributed by atoms with Gasteiger partial charge in [0.05, 0.1) is 6.61 Å². The van der Waals surface area contributed by atoms with Crippen LogP contribution in [0.15, 0.2) is 12.7 Å². The Hall–Kier alpha value is -0.440. The molecule has 0 aromatic rings. The summed E-state index contributed by atoms with van der Waals surface area (Å²) >= 11 is 1.79. The summed E-state index contributed by atoms with van der Waals surface area (Å²) in [6.07, 6.45) is 3.31. The van der Waals surface area contributed by atoms with E-state index in [-0.39, 0.29) is 5.97 Å². The first-order valence-corrected chi connectivity index (χ1v) is 6.16. The normalized spacial score (nSPS) is 10.2. The highest BCUT2D eigenvalue weighted by atomic mass is 32.2. The van der Waals surface area contributed by atoms with Crippen LogP contribution in [0.2, 0.25) is 0 Å². The van der Waals surface area contributed by atoms with Gasteiger partial charge in [0.15, 0.2) is 0 Å². The van der Waals surface area contributed by atoms with E-state index in [2.05, 4.69) is 6.58 Å². The Morgan fingerprint density at radius 1 is 1.57 bits per heavy atom. The van der Waals surface area contributed by atoms with Crippen molar-refractivity contribution in [3.63, 3.8) is 0 Å². The number of carbonyl (C=O) groups is 1. The van der Waals surface area contributed by atoms with Crippen LogP contribution in [0, 0.1) is 5.92 Å². The predicted molar refractivity (Wildman–Crippen MR) is 62.6 cm³/mol. The highest BCUT2D eigenvalue weighted by Gasteiger charge is 2.03. The molecule has 0 fully saturated rings. The highest BCUT2D eigenvalue weighted by Crippen LogP contribution is 2.05. The van der Waals surface area contributed by atoms with Crippen molar-refractivity contribution in [1.82, 2.24) is 0 Å². The molecule has 0 radical (unpaired) electrons. The van der Waals surface area contributed by atoms with Gasteiger partial charge in [-0.3, -0.25) is 4.79 Å². The van der Waals surface area contributed by atoms with Gasteiger partial charge in [-0.1, -0.05) is 19.9 Å². The number of thioether (sulfide) groups is 1. The van der Waals surface area contributed by atoms with Crippen molar-refractivity contribution in [2.75, 3.05) is 18.1 Å². The van der Waals surface area contributed by atoms with Gasteiger partial charge >= 0.3 is 5.97 Å². The summed E-state index contributed by atoms with van der Waals surface area (Å²) in [7, 11) is 0. The predicted octanol–water partition coefficient (Wildman–Crippen LogP) is 2.89. The van der Waals surface area contributed by atoms with E-state index in [1.54, 1.807) is 11.8 Å². The van der Waals surface area contributed by atoms with Crippen molar-refractivity contribution < 1.29 is 9.53 Å². The minimum absolute atomic E-state index is 0.0714. The number of carbonyl (C=O) groups excluding carboxylic acids is 1. The number of hydrogen-bond donors (Lipinski definition) is 0. The average Bonchev–Trinajstić information content (AvgIpc) is 2.14. The lowest BCUT2D eigenvalue weighted by atomic mass is 10.2. The van der Waals surface area contributed by atoms with E-state index in [4.69, 9.17) is 4.74 Å². The molecule has 0 unspecified atom stereocenters. The Morgan fingerprint density at radius 3 is 2.86 bits per heavy atom. The van der Waals surface area contributed by atoms with Gasteiger partial charge in [-0.2, -0.15) is 11.8 Å². The molecule has 0 N–H and O–H groups in total. The SMILES string of the molecule is C=CCSCCCC(=O)OCC(C)C. The average molecular weight is 216 g/mol. The smallest absolute Gasteiger partial charge is 0.305 e. The molecule has 0 aliphatic carbocycles. The minimum Gasteiger partial charge on any atom is -0.465 e. The van der Waals surface area contributed by atoms with Crippen LogP contribution in [0.3, 0.4) is 0 Å². The fourth-order valence-electron chi connectivity index (χ4n) is 0.817. The fourth-order valence-corrected chi connectivity index (χ4v) is 1.50. The number of hydrogen-bond acceptors (Lipinski definition) is 3. The van der Waals surface area contributed by atoms with E-state index in [9.17, 15) is 4.79 Å². The maximum Gasteiger partial charge on any atom is 0.305 e. The molecule has 14 heavy (non-hydrogen) atoms. The monoisotopic (exact) mass is 216 g/mol. The third-order valence-electron chi connectivity index (χ3n) is 1.48. The topological polar surface area (TPSA) is 26.3 Å². The standard InChI is InChI=1S/C11H20O2S/c1-4-7-14-8-5-6-11(12)13-9-10(2)3/h4,10H,1,5-9H2,2-3H3. The van der Waals surface area contributed by atoms with Crippen molar-refractivity contribution in [1.29, 1.82) is 0 Å². The summed E-state index contributed by atoms with van der Waals surface area (Å²) in [6, 6.07) is 0. The van der Waals surface area contributed by atoms with Crippen LogP contribution < -0.4 is 0 Å². The van der Waals surface area contributed by atoms with Gasteiger partial charge in [-0.25, -0.2) is 0 Å². The first-order valence-electron chi connectivity index (χ1n) is 5.01. The van der Waals surface area contributed by atoms with Crippen molar-refractivity contribution in [2.24, 2.45) is 5.92 Å². The molecule has 0 heterocycles. The zero-order chi connectivity index (χ0) is 10.8. The van der Waals surface area contributed by atoms with Crippen LogP contribution in [0.25, 0.3) is 0 Å². The van der Waals surface area contributed by atoms with E-state index in [1.807, 2.05) is 19.9 Å². The molecule has 0 saturated carbocycles. The minimum atomic E-state index is -0.0714. The molecule has 82 valence electrons. The Kier molecular flexibility index (Phi) is 8.84. The lowest BCUT2D eigenvalue weighted by Gasteiger charge is -2.06. The molecule has 0 aliphatic rings. The van der Waals surface area contributed by atoms with Gasteiger partial charge in [-0.15, -0.1) is 6.58 Å². The largest absolute Gasteiger partial charge is 0.465 e. The highest BCUT2D eigenvalue weighted by molar-refractivity contribution is 7.99. The maximum absolute atomic E-state index is 11.1. The summed E-state index contributed by atoms with van der Waals surface area (Å²) in [6.45, 7) is 8.24. The van der Waals surface area contributed by atoms with Gasteiger partial charge in [0.1, 0.15) is 0 Å². The second kappa shape index (κ2) is 9.13. The lowest BCUT2D eigenvalue weighted by molar-refractivity contribution is -0.144. The zero-order valence-corrected chi connectivity index (χ0v) is 9.94. The summed E-state index contributed by atoms with van der Waals surface area (Å²) in [5.41, 5.74) is 0. The molecule has 0 rings (SSSR count). The molecular weight excluding hydrogens is 196 g/mol. The van der Waals surface area contributed by atoms with Gasteiger partial charge in [0, 0.05) is 12.2 Å². The lowest BCUT2D eigenvalue weighted by Crippen LogP contribution is -2.09. The zero-order valence-electron chi connectivity index (χ0n) is 9.12. The van der Waals surface area contributed by atoms with E-state index < -0.39 is 0 Å². The third-order valence-corrected chi connectivity index (χ3v) is 2.53. The molecule has 0 atom stereocenters. The Labute approximate surface area is 91.1 Å². The van der Waals surface area contributed by atoms with Crippen molar-refractivity contribution in [3.8, 4) is 0 Å². The molecule has 0 bridgehead atoms. The molecule has 3 heteroatoms. The van der Waals surface area contributed by atoms with E-state index in [1.165, 1.54) is 0 Å². The first-order chi connectivity index (χ1) is 6.66. The van der Waals surface area contributed by atoms with E-state index >= 15 is 0 Å².